The van der Waals surface area contributed by atoms with Gasteiger partial charge in [-0.3, -0.25) is 0 Å². The van der Waals surface area contributed by atoms with Gasteiger partial charge in [0.15, 0.2) is 0 Å². The summed E-state index contributed by atoms with van der Waals surface area (Å²) in [4.78, 5) is 0. The van der Waals surface area contributed by atoms with Crippen LogP contribution in [0.3, 0.4) is 0 Å². The third-order valence-electron chi connectivity index (χ3n) is 1.57. The number of hydrogen-bond acceptors (Lipinski definition) is 2. The van der Waals surface area contributed by atoms with Crippen molar-refractivity contribution >= 4 is 11.8 Å². The van der Waals surface area contributed by atoms with E-state index in [1.807, 2.05) is 11.8 Å². The minimum Gasteiger partial charge on any atom is -0.396 e. The van der Waals surface area contributed by atoms with Crippen molar-refractivity contribution in [2.45, 2.75) is 19.8 Å². The summed E-state index contributed by atoms with van der Waals surface area (Å²) >= 11 is 1.85. The smallest absolute Gasteiger partial charge is 0.0459 e. The first kappa shape index (κ1) is 9.31. The summed E-state index contributed by atoms with van der Waals surface area (Å²) in [6, 6.07) is 0. The van der Waals surface area contributed by atoms with Crippen molar-refractivity contribution in [3.63, 3.8) is 0 Å². The average Bonchev–Trinajstić information content (AvgIpc) is 1.91. The van der Waals surface area contributed by atoms with Crippen molar-refractivity contribution in [2.24, 2.45) is 5.92 Å². The third-order valence-corrected chi connectivity index (χ3v) is 2.21. The van der Waals surface area contributed by atoms with E-state index in [9.17, 15) is 0 Å². The molecule has 0 radical (unpaired) electrons. The van der Waals surface area contributed by atoms with E-state index in [-0.39, 0.29) is 0 Å². The topological polar surface area (TPSA) is 20.2 Å². The quantitative estimate of drug-likeness (QED) is 0.641. The summed E-state index contributed by atoms with van der Waals surface area (Å²) in [6.45, 7) is 2.48. The minimum absolute atomic E-state index is 0.358. The Bertz CT molecular complexity index is 52.9. The molecule has 0 heterocycles. The highest BCUT2D eigenvalue weighted by molar-refractivity contribution is 7.98. The molecule has 0 aromatic carbocycles. The van der Waals surface area contributed by atoms with Crippen molar-refractivity contribution in [3.8, 4) is 0 Å². The molecular weight excluding hydrogens is 132 g/mol. The normalized spacial score (nSPS) is 13.7. The largest absolute Gasteiger partial charge is 0.396 e. The second-order valence-electron chi connectivity index (χ2n) is 2.24. The zero-order valence-electron chi connectivity index (χ0n) is 6.26. The Hall–Kier alpha value is 0.310. The predicted octanol–water partition coefficient (Wildman–Crippen LogP) is 1.76. The summed E-state index contributed by atoms with van der Waals surface area (Å²) < 4.78 is 0. The number of aliphatic hydroxyl groups excluding tert-OH is 1. The average molecular weight is 148 g/mol. The van der Waals surface area contributed by atoms with Crippen LogP contribution in [0, 0.1) is 5.92 Å². The minimum atomic E-state index is 0.358. The second kappa shape index (κ2) is 6.43. The molecule has 0 saturated heterocycles. The highest BCUT2D eigenvalue weighted by Gasteiger charge is 2.01. The van der Waals surface area contributed by atoms with Crippen LogP contribution in [-0.4, -0.2) is 23.7 Å². The Morgan fingerprint density at radius 3 is 2.56 bits per heavy atom. The van der Waals surface area contributed by atoms with Gasteiger partial charge in [-0.25, -0.2) is 0 Å². The van der Waals surface area contributed by atoms with Crippen molar-refractivity contribution in [1.29, 1.82) is 0 Å². The van der Waals surface area contributed by atoms with Crippen molar-refractivity contribution in [2.75, 3.05) is 18.6 Å². The number of aliphatic hydroxyl groups is 1. The number of thioether (sulfide) groups is 1. The van der Waals surface area contributed by atoms with E-state index < -0.39 is 0 Å². The van der Waals surface area contributed by atoms with Crippen LogP contribution >= 0.6 is 11.8 Å². The molecule has 1 unspecified atom stereocenters. The molecule has 0 fully saturated rings. The van der Waals surface area contributed by atoms with Crippen LogP contribution in [0.5, 0.6) is 0 Å². The van der Waals surface area contributed by atoms with E-state index >= 15 is 0 Å². The van der Waals surface area contributed by atoms with Crippen LogP contribution < -0.4 is 0 Å². The van der Waals surface area contributed by atoms with Gasteiger partial charge >= 0.3 is 0 Å². The lowest BCUT2D eigenvalue weighted by atomic mass is 10.1. The van der Waals surface area contributed by atoms with Gasteiger partial charge in [0.05, 0.1) is 0 Å². The molecule has 0 aromatic heterocycles. The first-order valence-corrected chi connectivity index (χ1v) is 4.84. The summed E-state index contributed by atoms with van der Waals surface area (Å²) in [6.07, 6.45) is 4.37. The molecule has 0 rings (SSSR count). The van der Waals surface area contributed by atoms with E-state index in [1.165, 1.54) is 5.75 Å². The van der Waals surface area contributed by atoms with Crippen LogP contribution in [0.1, 0.15) is 19.8 Å². The highest BCUT2D eigenvalue weighted by Crippen LogP contribution is 2.09. The summed E-state index contributed by atoms with van der Waals surface area (Å²) in [5.74, 6) is 1.72. The molecule has 0 bridgehead atoms. The van der Waals surface area contributed by atoms with Gasteiger partial charge in [-0.05, 0) is 24.3 Å². The van der Waals surface area contributed by atoms with E-state index in [0.717, 1.165) is 12.8 Å². The maximum absolute atomic E-state index is 8.74. The van der Waals surface area contributed by atoms with Gasteiger partial charge in [-0.1, -0.05) is 13.3 Å². The van der Waals surface area contributed by atoms with Crippen LogP contribution in [-0.2, 0) is 0 Å². The molecule has 1 nitrogen and oxygen atoms in total. The van der Waals surface area contributed by atoms with E-state index in [1.54, 1.807) is 0 Å². The fraction of sp³-hybridized carbons (Fsp3) is 1.00. The summed E-state index contributed by atoms with van der Waals surface area (Å²) in [5, 5.41) is 8.74. The molecule has 1 N–H and O–H groups in total. The van der Waals surface area contributed by atoms with Gasteiger partial charge in [0, 0.05) is 6.61 Å². The lowest BCUT2D eigenvalue weighted by Gasteiger charge is -2.08. The molecule has 0 spiro atoms. The van der Waals surface area contributed by atoms with Crippen LogP contribution in [0.15, 0.2) is 0 Å². The highest BCUT2D eigenvalue weighted by atomic mass is 32.2. The zero-order chi connectivity index (χ0) is 7.11. The lowest BCUT2D eigenvalue weighted by molar-refractivity contribution is 0.220. The number of hydrogen-bond donors (Lipinski definition) is 1. The Labute approximate surface area is 61.8 Å². The molecule has 0 aromatic rings. The lowest BCUT2D eigenvalue weighted by Crippen LogP contribution is -2.04. The van der Waals surface area contributed by atoms with Crippen molar-refractivity contribution in [1.82, 2.24) is 0 Å². The number of rotatable bonds is 5. The second-order valence-corrected chi connectivity index (χ2v) is 3.22. The van der Waals surface area contributed by atoms with Gasteiger partial charge < -0.3 is 5.11 Å². The SMILES string of the molecule is CCC(CO)CCSC. The van der Waals surface area contributed by atoms with E-state index in [2.05, 4.69) is 13.2 Å². The maximum atomic E-state index is 8.74. The fourth-order valence-corrected chi connectivity index (χ4v) is 1.28. The Balaban J connectivity index is 3.09. The molecule has 0 aliphatic carbocycles. The molecule has 9 heavy (non-hydrogen) atoms. The summed E-state index contributed by atoms with van der Waals surface area (Å²) in [5.41, 5.74) is 0. The Morgan fingerprint density at radius 2 is 2.22 bits per heavy atom. The monoisotopic (exact) mass is 148 g/mol. The predicted molar refractivity (Wildman–Crippen MR) is 43.9 cm³/mol. The fourth-order valence-electron chi connectivity index (χ4n) is 0.709. The van der Waals surface area contributed by atoms with Crippen LogP contribution in [0.4, 0.5) is 0 Å². The third kappa shape index (κ3) is 4.79. The molecule has 0 saturated carbocycles. The van der Waals surface area contributed by atoms with Crippen molar-refractivity contribution in [3.05, 3.63) is 0 Å². The zero-order valence-corrected chi connectivity index (χ0v) is 7.08. The molecule has 0 aliphatic rings. The first-order valence-electron chi connectivity index (χ1n) is 3.45. The molecule has 2 heteroatoms. The van der Waals surface area contributed by atoms with Gasteiger partial charge in [0.1, 0.15) is 0 Å². The molecule has 1 atom stereocenters. The Morgan fingerprint density at radius 1 is 1.56 bits per heavy atom. The standard InChI is InChI=1S/C7H16OS/c1-3-7(6-8)4-5-9-2/h7-8H,3-6H2,1-2H3. The van der Waals surface area contributed by atoms with Gasteiger partial charge in [-0.2, -0.15) is 11.8 Å². The maximum Gasteiger partial charge on any atom is 0.0459 e. The van der Waals surface area contributed by atoms with Gasteiger partial charge in [0.25, 0.3) is 0 Å². The van der Waals surface area contributed by atoms with Crippen molar-refractivity contribution < 1.29 is 5.11 Å². The van der Waals surface area contributed by atoms with E-state index in [0.29, 0.717) is 12.5 Å². The van der Waals surface area contributed by atoms with Crippen LogP contribution in [0.25, 0.3) is 0 Å². The molecule has 0 amide bonds. The van der Waals surface area contributed by atoms with Gasteiger partial charge in [0.2, 0.25) is 0 Å². The molecule has 0 aliphatic heterocycles. The van der Waals surface area contributed by atoms with E-state index in [4.69, 9.17) is 5.11 Å². The molecule has 56 valence electrons. The van der Waals surface area contributed by atoms with Gasteiger partial charge in [-0.15, -0.1) is 0 Å². The molecular formula is C7H16OS. The summed E-state index contributed by atoms with van der Waals surface area (Å²) in [7, 11) is 0. The van der Waals surface area contributed by atoms with Crippen LogP contribution in [0.2, 0.25) is 0 Å². The first-order chi connectivity index (χ1) is 4.35. The Kier molecular flexibility index (Phi) is 6.65.